The molecule has 0 radical (unpaired) electrons. The largest absolute Gasteiger partial charge is 0.343 e. The normalized spacial score (nSPS) is 20.8. The summed E-state index contributed by atoms with van der Waals surface area (Å²) in [7, 11) is 4.05. The fourth-order valence-electron chi connectivity index (χ4n) is 2.10. The summed E-state index contributed by atoms with van der Waals surface area (Å²) in [6.07, 6.45) is 3.52. The average Bonchev–Trinajstić information content (AvgIpc) is 2.28. The number of rotatable bonds is 4. The van der Waals surface area contributed by atoms with Gasteiger partial charge in [-0.2, -0.15) is 0 Å². The maximum absolute atomic E-state index is 11.9. The number of hydrogen-bond donors (Lipinski definition) is 1. The van der Waals surface area contributed by atoms with Crippen LogP contribution in [0.3, 0.4) is 0 Å². The molecular formula is C12H25N3O. The van der Waals surface area contributed by atoms with Gasteiger partial charge < -0.3 is 15.5 Å². The fourth-order valence-corrected chi connectivity index (χ4v) is 2.10. The van der Waals surface area contributed by atoms with E-state index in [2.05, 4.69) is 11.9 Å². The van der Waals surface area contributed by atoms with Crippen LogP contribution >= 0.6 is 0 Å². The number of piperidine rings is 1. The van der Waals surface area contributed by atoms with Gasteiger partial charge in [0.1, 0.15) is 0 Å². The van der Waals surface area contributed by atoms with Crippen molar-refractivity contribution in [1.29, 1.82) is 0 Å². The first kappa shape index (κ1) is 13.5. The van der Waals surface area contributed by atoms with Gasteiger partial charge in [0, 0.05) is 25.6 Å². The predicted molar refractivity (Wildman–Crippen MR) is 66.2 cm³/mol. The van der Waals surface area contributed by atoms with Crippen LogP contribution in [0, 0.1) is 0 Å². The third kappa shape index (κ3) is 3.76. The second kappa shape index (κ2) is 6.21. The predicted octanol–water partition coefficient (Wildman–Crippen LogP) is 0.666. The SMILES string of the molecule is CCC(N)CC(=O)N(C)C1CCN(C)CC1. The number of nitrogens with zero attached hydrogens (tertiary/aromatic N) is 2. The molecule has 4 heteroatoms. The van der Waals surface area contributed by atoms with E-state index in [-0.39, 0.29) is 11.9 Å². The molecule has 1 aliphatic heterocycles. The molecule has 0 aliphatic carbocycles. The van der Waals surface area contributed by atoms with Crippen LogP contribution in [0.15, 0.2) is 0 Å². The van der Waals surface area contributed by atoms with Gasteiger partial charge in [-0.05, 0) is 39.4 Å². The average molecular weight is 227 g/mol. The topological polar surface area (TPSA) is 49.6 Å². The van der Waals surface area contributed by atoms with E-state index in [1.807, 2.05) is 18.9 Å². The summed E-state index contributed by atoms with van der Waals surface area (Å²) in [5, 5.41) is 0. The second-order valence-electron chi connectivity index (χ2n) is 4.91. The van der Waals surface area contributed by atoms with E-state index in [4.69, 9.17) is 5.73 Å². The zero-order valence-electron chi connectivity index (χ0n) is 10.8. The highest BCUT2D eigenvalue weighted by molar-refractivity contribution is 5.76. The lowest BCUT2D eigenvalue weighted by Gasteiger charge is -2.35. The molecule has 1 heterocycles. The van der Waals surface area contributed by atoms with Crippen LogP contribution in [0.1, 0.15) is 32.6 Å². The third-order valence-electron chi connectivity index (χ3n) is 3.59. The molecule has 0 bridgehead atoms. The van der Waals surface area contributed by atoms with Crippen molar-refractivity contribution in [3.05, 3.63) is 0 Å². The molecule has 1 amide bonds. The highest BCUT2D eigenvalue weighted by Crippen LogP contribution is 2.15. The quantitative estimate of drug-likeness (QED) is 0.768. The van der Waals surface area contributed by atoms with Crippen molar-refractivity contribution in [3.63, 3.8) is 0 Å². The van der Waals surface area contributed by atoms with Crippen LogP contribution in [0.2, 0.25) is 0 Å². The Hall–Kier alpha value is -0.610. The smallest absolute Gasteiger partial charge is 0.224 e. The highest BCUT2D eigenvalue weighted by Gasteiger charge is 2.24. The molecule has 0 aromatic carbocycles. The second-order valence-corrected chi connectivity index (χ2v) is 4.91. The Kier molecular flexibility index (Phi) is 5.22. The van der Waals surface area contributed by atoms with Gasteiger partial charge in [0.15, 0.2) is 0 Å². The maximum atomic E-state index is 11.9. The molecule has 1 fully saturated rings. The number of likely N-dealkylation sites (tertiary alicyclic amines) is 1. The molecule has 1 unspecified atom stereocenters. The highest BCUT2D eigenvalue weighted by atomic mass is 16.2. The van der Waals surface area contributed by atoms with Gasteiger partial charge in [-0.15, -0.1) is 0 Å². The van der Waals surface area contributed by atoms with Crippen molar-refractivity contribution in [2.24, 2.45) is 5.73 Å². The monoisotopic (exact) mass is 227 g/mol. The van der Waals surface area contributed by atoms with Gasteiger partial charge in [0.05, 0.1) is 0 Å². The summed E-state index contributed by atoms with van der Waals surface area (Å²) < 4.78 is 0. The molecule has 2 N–H and O–H groups in total. The summed E-state index contributed by atoms with van der Waals surface area (Å²) in [4.78, 5) is 16.1. The molecule has 1 saturated heterocycles. The van der Waals surface area contributed by atoms with Crippen LogP contribution in [0.4, 0.5) is 0 Å². The molecule has 1 aliphatic rings. The number of hydrogen-bond acceptors (Lipinski definition) is 3. The Balaban J connectivity index is 2.38. The first-order chi connectivity index (χ1) is 7.54. The molecule has 94 valence electrons. The minimum Gasteiger partial charge on any atom is -0.343 e. The molecule has 0 aromatic heterocycles. The lowest BCUT2D eigenvalue weighted by atomic mass is 10.0. The standard InChI is InChI=1S/C12H25N3O/c1-4-10(13)9-12(16)15(3)11-5-7-14(2)8-6-11/h10-11H,4-9,13H2,1-3H3. The minimum absolute atomic E-state index is 0.0150. The van der Waals surface area contributed by atoms with Crippen LogP contribution in [0.25, 0.3) is 0 Å². The molecule has 0 saturated carbocycles. The summed E-state index contributed by atoms with van der Waals surface area (Å²) in [5.74, 6) is 0.198. The van der Waals surface area contributed by atoms with E-state index in [9.17, 15) is 4.79 Å². The summed E-state index contributed by atoms with van der Waals surface area (Å²) >= 11 is 0. The van der Waals surface area contributed by atoms with Crippen molar-refractivity contribution >= 4 is 5.91 Å². The van der Waals surface area contributed by atoms with Crippen LogP contribution < -0.4 is 5.73 Å². The van der Waals surface area contributed by atoms with E-state index in [0.29, 0.717) is 12.5 Å². The van der Waals surface area contributed by atoms with Gasteiger partial charge in [0.25, 0.3) is 0 Å². The van der Waals surface area contributed by atoms with Gasteiger partial charge in [-0.3, -0.25) is 4.79 Å². The molecule has 1 rings (SSSR count). The minimum atomic E-state index is 0.0150. The fraction of sp³-hybridized carbons (Fsp3) is 0.917. The zero-order chi connectivity index (χ0) is 12.1. The van der Waals surface area contributed by atoms with Gasteiger partial charge in [0.2, 0.25) is 5.91 Å². The lowest BCUT2D eigenvalue weighted by Crippen LogP contribution is -2.45. The molecule has 0 spiro atoms. The van der Waals surface area contributed by atoms with E-state index < -0.39 is 0 Å². The molecule has 16 heavy (non-hydrogen) atoms. The summed E-state index contributed by atoms with van der Waals surface area (Å²) in [6.45, 7) is 4.19. The first-order valence-electron chi connectivity index (χ1n) is 6.24. The Labute approximate surface area is 98.8 Å². The van der Waals surface area contributed by atoms with Crippen LogP contribution in [0.5, 0.6) is 0 Å². The van der Waals surface area contributed by atoms with Crippen molar-refractivity contribution in [3.8, 4) is 0 Å². The Bertz CT molecular complexity index is 224. The first-order valence-corrected chi connectivity index (χ1v) is 6.24. The van der Waals surface area contributed by atoms with E-state index in [0.717, 1.165) is 32.4 Å². The molecule has 4 nitrogen and oxygen atoms in total. The van der Waals surface area contributed by atoms with Crippen LogP contribution in [-0.2, 0) is 4.79 Å². The van der Waals surface area contributed by atoms with E-state index in [1.54, 1.807) is 0 Å². The molecule has 1 atom stereocenters. The Morgan fingerprint density at radius 3 is 2.56 bits per heavy atom. The molecule has 0 aromatic rings. The van der Waals surface area contributed by atoms with Crippen molar-refractivity contribution in [2.45, 2.75) is 44.7 Å². The Morgan fingerprint density at radius 2 is 2.06 bits per heavy atom. The van der Waals surface area contributed by atoms with Crippen LogP contribution in [-0.4, -0.2) is 55.0 Å². The number of carbonyl (C=O) groups is 1. The van der Waals surface area contributed by atoms with Crippen molar-refractivity contribution in [2.75, 3.05) is 27.2 Å². The van der Waals surface area contributed by atoms with E-state index in [1.165, 1.54) is 0 Å². The van der Waals surface area contributed by atoms with Crippen molar-refractivity contribution < 1.29 is 4.79 Å². The van der Waals surface area contributed by atoms with E-state index >= 15 is 0 Å². The zero-order valence-corrected chi connectivity index (χ0v) is 10.8. The number of nitrogens with two attached hydrogens (primary N) is 1. The summed E-state index contributed by atoms with van der Waals surface area (Å²) in [6, 6.07) is 0.425. The number of amides is 1. The Morgan fingerprint density at radius 1 is 1.50 bits per heavy atom. The third-order valence-corrected chi connectivity index (χ3v) is 3.59. The molecular weight excluding hydrogens is 202 g/mol. The lowest BCUT2D eigenvalue weighted by molar-refractivity contribution is -0.133. The maximum Gasteiger partial charge on any atom is 0.224 e. The number of carbonyl (C=O) groups excluding carboxylic acids is 1. The summed E-state index contributed by atoms with van der Waals surface area (Å²) in [5.41, 5.74) is 5.81. The van der Waals surface area contributed by atoms with Gasteiger partial charge >= 0.3 is 0 Å². The van der Waals surface area contributed by atoms with Gasteiger partial charge in [-0.1, -0.05) is 6.92 Å². The van der Waals surface area contributed by atoms with Crippen molar-refractivity contribution in [1.82, 2.24) is 9.80 Å². The van der Waals surface area contributed by atoms with Gasteiger partial charge in [-0.25, -0.2) is 0 Å².